The van der Waals surface area contributed by atoms with Crippen molar-refractivity contribution in [1.29, 1.82) is 0 Å². The zero-order chi connectivity index (χ0) is 31.8. The van der Waals surface area contributed by atoms with Crippen molar-refractivity contribution < 1.29 is 14.9 Å². The van der Waals surface area contributed by atoms with Crippen molar-refractivity contribution in [3.8, 4) is 0 Å². The van der Waals surface area contributed by atoms with Gasteiger partial charge in [-0.05, 0) is 72.0 Å². The number of fused-ring (bicyclic) bond motifs is 1. The number of ether oxygens (including phenoxy) is 1. The van der Waals surface area contributed by atoms with E-state index in [0.717, 1.165) is 65.2 Å². The monoisotopic (exact) mass is 579 g/mol. The van der Waals surface area contributed by atoms with Crippen LogP contribution in [0, 0.1) is 11.3 Å². The molecule has 2 aromatic rings. The molecular weight excluding hydrogens is 518 g/mol. The maximum absolute atomic E-state index is 11.9. The van der Waals surface area contributed by atoms with Crippen molar-refractivity contribution in [1.82, 2.24) is 4.98 Å². The molecule has 1 heterocycles. The highest BCUT2D eigenvalue weighted by molar-refractivity contribution is 5.50. The Morgan fingerprint density at radius 3 is 2.02 bits per heavy atom. The number of aliphatic hydroxyl groups is 2. The summed E-state index contributed by atoms with van der Waals surface area (Å²) in [6.07, 6.45) is 7.06. The number of pyridine rings is 1. The lowest BCUT2D eigenvalue weighted by molar-refractivity contribution is 0.0915. The molecule has 1 saturated carbocycles. The molecule has 1 fully saturated rings. The van der Waals surface area contributed by atoms with Crippen LogP contribution in [-0.4, -0.2) is 22.3 Å². The Morgan fingerprint density at radius 2 is 1.55 bits per heavy atom. The van der Waals surface area contributed by atoms with E-state index in [2.05, 4.69) is 92.8 Å². The lowest BCUT2D eigenvalue weighted by Gasteiger charge is -2.39. The number of methoxy groups -OCH3 is 1. The van der Waals surface area contributed by atoms with E-state index < -0.39 is 12.2 Å². The Kier molecular flexibility index (Phi) is 13.5. The molecular formula is C38H61NO3. The second-order valence-corrected chi connectivity index (χ2v) is 14.5. The second kappa shape index (κ2) is 15.6. The van der Waals surface area contributed by atoms with E-state index in [1.807, 2.05) is 6.92 Å². The SMILES string of the molecule is C=C.CCC(C)C.COC(C)c1nc2c(c(C3CCCCC3)c1C(O)c1ccc(C(C)(C)C)cc1)C(O)CC(C)(C)C2. The molecule has 236 valence electrons. The summed E-state index contributed by atoms with van der Waals surface area (Å²) in [5, 5.41) is 23.4. The molecule has 4 heteroatoms. The van der Waals surface area contributed by atoms with Gasteiger partial charge < -0.3 is 14.9 Å². The van der Waals surface area contributed by atoms with Crippen LogP contribution in [0.3, 0.4) is 0 Å². The number of hydrogen-bond donors (Lipinski definition) is 2. The van der Waals surface area contributed by atoms with Gasteiger partial charge in [-0.2, -0.15) is 0 Å². The van der Waals surface area contributed by atoms with Crippen LogP contribution in [0.25, 0.3) is 0 Å². The van der Waals surface area contributed by atoms with E-state index in [-0.39, 0.29) is 16.9 Å². The van der Waals surface area contributed by atoms with Gasteiger partial charge in [0.1, 0.15) is 6.10 Å². The lowest BCUT2D eigenvalue weighted by Crippen LogP contribution is -2.31. The standard InChI is InChI=1S/C31H45NO3.C5H12.C2H4/c1-19(35-7)28-27(29(34)21-13-15-22(16-14-21)30(2,3)4)25(20-11-9-8-10-12-20)26-23(32-28)17-31(5,6)18-24(26)33;1-4-5(2)3;1-2/h13-16,19-20,24,29,33-34H,8-12,17-18H2,1-7H3;5H,4H2,1-3H3;1-2H2. The molecule has 2 N–H and O–H groups in total. The third kappa shape index (κ3) is 9.00. The molecule has 0 bridgehead atoms. The first-order valence-corrected chi connectivity index (χ1v) is 16.3. The summed E-state index contributed by atoms with van der Waals surface area (Å²) in [5.41, 5.74) is 6.98. The number of benzene rings is 1. The maximum Gasteiger partial charge on any atom is 0.106 e. The maximum atomic E-state index is 11.9. The van der Waals surface area contributed by atoms with Crippen LogP contribution in [0.15, 0.2) is 37.4 Å². The average molecular weight is 580 g/mol. The van der Waals surface area contributed by atoms with Gasteiger partial charge in [0.15, 0.2) is 0 Å². The van der Waals surface area contributed by atoms with Crippen molar-refractivity contribution in [2.45, 2.75) is 143 Å². The van der Waals surface area contributed by atoms with Gasteiger partial charge in [0, 0.05) is 23.9 Å². The molecule has 1 aromatic heterocycles. The normalized spacial score (nSPS) is 20.0. The van der Waals surface area contributed by atoms with Crippen molar-refractivity contribution in [3.05, 3.63) is 76.6 Å². The van der Waals surface area contributed by atoms with Gasteiger partial charge in [-0.3, -0.25) is 4.98 Å². The van der Waals surface area contributed by atoms with Crippen LogP contribution in [0.1, 0.15) is 171 Å². The molecule has 0 aliphatic heterocycles. The highest BCUT2D eigenvalue weighted by atomic mass is 16.5. The number of rotatable bonds is 6. The van der Waals surface area contributed by atoms with E-state index in [1.54, 1.807) is 7.11 Å². The zero-order valence-electron chi connectivity index (χ0n) is 28.5. The molecule has 1 aromatic carbocycles. The summed E-state index contributed by atoms with van der Waals surface area (Å²) >= 11 is 0. The van der Waals surface area contributed by atoms with Gasteiger partial charge in [-0.1, -0.05) is 105 Å². The highest BCUT2D eigenvalue weighted by Gasteiger charge is 2.39. The first-order chi connectivity index (χ1) is 19.7. The van der Waals surface area contributed by atoms with Gasteiger partial charge in [0.2, 0.25) is 0 Å². The van der Waals surface area contributed by atoms with Gasteiger partial charge in [0.05, 0.1) is 17.9 Å². The van der Waals surface area contributed by atoms with Gasteiger partial charge >= 0.3 is 0 Å². The second-order valence-electron chi connectivity index (χ2n) is 14.5. The van der Waals surface area contributed by atoms with E-state index >= 15 is 0 Å². The fraction of sp³-hybridized carbons (Fsp3) is 0.658. The zero-order valence-corrected chi connectivity index (χ0v) is 28.5. The smallest absolute Gasteiger partial charge is 0.106 e. The summed E-state index contributed by atoms with van der Waals surface area (Å²) in [5.74, 6) is 1.22. The molecule has 4 nitrogen and oxygen atoms in total. The Balaban J connectivity index is 0.000000797. The van der Waals surface area contributed by atoms with E-state index in [0.29, 0.717) is 5.92 Å². The summed E-state index contributed by atoms with van der Waals surface area (Å²) in [6, 6.07) is 8.36. The summed E-state index contributed by atoms with van der Waals surface area (Å²) in [7, 11) is 1.71. The molecule has 0 spiro atoms. The number of aromatic nitrogens is 1. The minimum Gasteiger partial charge on any atom is -0.388 e. The summed E-state index contributed by atoms with van der Waals surface area (Å²) < 4.78 is 5.80. The molecule has 3 unspecified atom stereocenters. The van der Waals surface area contributed by atoms with Gasteiger partial charge in [-0.15, -0.1) is 13.2 Å². The quantitative estimate of drug-likeness (QED) is 0.334. The van der Waals surface area contributed by atoms with Crippen molar-refractivity contribution in [2.75, 3.05) is 7.11 Å². The Labute approximate surface area is 258 Å². The van der Waals surface area contributed by atoms with Gasteiger partial charge in [0.25, 0.3) is 0 Å². The summed E-state index contributed by atoms with van der Waals surface area (Å²) in [6.45, 7) is 25.7. The van der Waals surface area contributed by atoms with Gasteiger partial charge in [-0.25, -0.2) is 0 Å². The molecule has 2 aliphatic carbocycles. The molecule has 0 saturated heterocycles. The summed E-state index contributed by atoms with van der Waals surface area (Å²) in [4.78, 5) is 5.14. The fourth-order valence-corrected chi connectivity index (χ4v) is 6.23. The predicted octanol–water partition coefficient (Wildman–Crippen LogP) is 10.1. The molecule has 0 amide bonds. The van der Waals surface area contributed by atoms with Crippen LogP contribution in [0.2, 0.25) is 0 Å². The van der Waals surface area contributed by atoms with Crippen LogP contribution in [-0.2, 0) is 16.6 Å². The highest BCUT2D eigenvalue weighted by Crippen LogP contribution is 2.49. The lowest BCUT2D eigenvalue weighted by atomic mass is 9.69. The molecule has 2 aliphatic rings. The number of hydrogen-bond acceptors (Lipinski definition) is 4. The predicted molar refractivity (Wildman–Crippen MR) is 178 cm³/mol. The number of aliphatic hydroxyl groups excluding tert-OH is 2. The van der Waals surface area contributed by atoms with Crippen LogP contribution >= 0.6 is 0 Å². The van der Waals surface area contributed by atoms with Crippen LogP contribution < -0.4 is 0 Å². The minimum atomic E-state index is -0.812. The first-order valence-electron chi connectivity index (χ1n) is 16.3. The largest absolute Gasteiger partial charge is 0.388 e. The van der Waals surface area contributed by atoms with Crippen molar-refractivity contribution in [3.63, 3.8) is 0 Å². The number of nitrogens with zero attached hydrogens (tertiary/aromatic N) is 1. The fourth-order valence-electron chi connectivity index (χ4n) is 6.23. The molecule has 42 heavy (non-hydrogen) atoms. The van der Waals surface area contributed by atoms with E-state index in [4.69, 9.17) is 9.72 Å². The molecule has 3 atom stereocenters. The topological polar surface area (TPSA) is 62.6 Å². The van der Waals surface area contributed by atoms with Crippen molar-refractivity contribution in [2.24, 2.45) is 11.3 Å². The third-order valence-corrected chi connectivity index (χ3v) is 9.08. The van der Waals surface area contributed by atoms with Crippen LogP contribution in [0.5, 0.6) is 0 Å². The molecule has 0 radical (unpaired) electrons. The van der Waals surface area contributed by atoms with Crippen molar-refractivity contribution >= 4 is 0 Å². The third-order valence-electron chi connectivity index (χ3n) is 9.08. The Bertz CT molecular complexity index is 1110. The Morgan fingerprint density at radius 1 is 1.00 bits per heavy atom. The van der Waals surface area contributed by atoms with E-state index in [9.17, 15) is 10.2 Å². The van der Waals surface area contributed by atoms with E-state index in [1.165, 1.54) is 31.2 Å². The average Bonchev–Trinajstić information content (AvgIpc) is 2.96. The first kappa shape index (κ1) is 36.2. The molecule has 4 rings (SSSR count). The Hall–Kier alpha value is -2.01. The van der Waals surface area contributed by atoms with Crippen LogP contribution in [0.4, 0.5) is 0 Å². The minimum absolute atomic E-state index is 0.0141.